The minimum absolute atomic E-state index is 0.0642. The highest BCUT2D eigenvalue weighted by Crippen LogP contribution is 2.38. The summed E-state index contributed by atoms with van der Waals surface area (Å²) in [6, 6.07) is -1.22. The van der Waals surface area contributed by atoms with E-state index in [4.69, 9.17) is 23.7 Å². The Morgan fingerprint density at radius 1 is 0.822 bits per heavy atom. The van der Waals surface area contributed by atoms with E-state index in [0.29, 0.717) is 6.42 Å². The Kier molecular flexibility index (Phi) is 12.9. The van der Waals surface area contributed by atoms with Gasteiger partial charge in [-0.3, -0.25) is 4.79 Å². The number of ether oxygens (including phenoxy) is 5. The van der Waals surface area contributed by atoms with Crippen LogP contribution in [-0.4, -0.2) is 123 Å². The number of nitrogens with one attached hydrogen (secondary N) is 1. The van der Waals surface area contributed by atoms with Gasteiger partial charge >= 0.3 is 5.97 Å². The van der Waals surface area contributed by atoms with Gasteiger partial charge in [-0.15, -0.1) is 0 Å². The number of carboxylic acid groups (broad SMARTS) is 1. The molecule has 5 unspecified atom stereocenters. The van der Waals surface area contributed by atoms with Gasteiger partial charge in [0.15, 0.2) is 18.7 Å². The number of halogens is 2. The number of rotatable bonds is 11. The van der Waals surface area contributed by atoms with E-state index in [1.165, 1.54) is 20.8 Å². The van der Waals surface area contributed by atoms with Crippen LogP contribution >= 0.6 is 0 Å². The topological polar surface area (TPSA) is 193 Å². The van der Waals surface area contributed by atoms with Crippen LogP contribution in [0, 0.1) is 11.8 Å². The van der Waals surface area contributed by atoms with Crippen molar-refractivity contribution in [3.8, 4) is 0 Å². The van der Waals surface area contributed by atoms with Gasteiger partial charge in [0.25, 0.3) is 0 Å². The Labute approximate surface area is 261 Å². The molecule has 0 aromatic rings. The molecule has 2 saturated heterocycles. The van der Waals surface area contributed by atoms with Crippen LogP contribution in [0.3, 0.4) is 0 Å². The number of carbonyl (C=O) groups excluding carboxylic acids is 1. The van der Waals surface area contributed by atoms with Crippen LogP contribution in [0.15, 0.2) is 0 Å². The van der Waals surface area contributed by atoms with Gasteiger partial charge in [0.2, 0.25) is 12.3 Å². The Hall–Kier alpha value is -1.56. The maximum absolute atomic E-state index is 14.3. The lowest BCUT2D eigenvalue weighted by molar-refractivity contribution is -0.338. The molecule has 2 heterocycles. The number of aliphatic carboxylic acids is 1. The average Bonchev–Trinajstić information content (AvgIpc) is 2.99. The van der Waals surface area contributed by atoms with Gasteiger partial charge in [-0.2, -0.15) is 0 Å². The van der Waals surface area contributed by atoms with Crippen LogP contribution in [0.2, 0.25) is 0 Å². The Bertz CT molecular complexity index is 973. The SMILES string of the molecule is CC(=O)NC1C(O[C@@H](CC2CCCCC2)C(=O)O)[C@@H](O)[C@H](C)O[C@H]1O[C@@H]1CCCC(C(F)F)[C@H]1OC1O[C@@H](C)[C@H](O)C(O)[C@@H]1O. The molecule has 15 heteroatoms. The van der Waals surface area contributed by atoms with Crippen molar-refractivity contribution in [3.05, 3.63) is 0 Å². The second-order valence-corrected chi connectivity index (χ2v) is 13.0. The lowest BCUT2D eigenvalue weighted by atomic mass is 9.84. The van der Waals surface area contributed by atoms with Crippen LogP contribution in [0.25, 0.3) is 0 Å². The first kappa shape index (κ1) is 36.3. The smallest absolute Gasteiger partial charge is 0.332 e. The first-order chi connectivity index (χ1) is 21.3. The largest absolute Gasteiger partial charge is 0.479 e. The Morgan fingerprint density at radius 3 is 2.09 bits per heavy atom. The Balaban J connectivity index is 1.57. The first-order valence-electron chi connectivity index (χ1n) is 16.1. The average molecular weight is 654 g/mol. The van der Waals surface area contributed by atoms with Crippen molar-refractivity contribution in [2.45, 2.75) is 165 Å². The van der Waals surface area contributed by atoms with E-state index >= 15 is 0 Å². The molecule has 2 aliphatic heterocycles. The normalized spacial score (nSPS) is 42.3. The molecule has 0 bridgehead atoms. The number of carbonyl (C=O) groups is 2. The highest BCUT2D eigenvalue weighted by Gasteiger charge is 2.52. The van der Waals surface area contributed by atoms with Gasteiger partial charge in [0, 0.05) is 12.8 Å². The van der Waals surface area contributed by atoms with Crippen LogP contribution in [-0.2, 0) is 33.3 Å². The molecule has 2 saturated carbocycles. The van der Waals surface area contributed by atoms with Gasteiger partial charge in [-0.05, 0) is 39.0 Å². The molecule has 0 aromatic heterocycles. The third kappa shape index (κ3) is 8.87. The quantitative estimate of drug-likeness (QED) is 0.186. The van der Waals surface area contributed by atoms with Gasteiger partial charge < -0.3 is 54.5 Å². The number of hydrogen-bond donors (Lipinski definition) is 6. The van der Waals surface area contributed by atoms with Gasteiger partial charge in [0.05, 0.1) is 24.4 Å². The highest BCUT2D eigenvalue weighted by atomic mass is 19.3. The standard InChI is InChI=1S/C30H49F2NO12/c1-13-21(35)23(37)24(38)30(42-13)45-25-17(27(31)32)10-7-11-18(25)44-29-20(33-15(3)34)26(22(36)14(2)41-29)43-19(28(39)40)12-16-8-5-4-6-9-16/h13-14,16-27,29-30,35-38H,4-12H2,1-3H3,(H,33,34)(H,39,40)/t13-,14-,17?,18+,19-,20?,21-,22-,23?,24-,25+,26?,29-,30?/m0/s1. The first-order valence-corrected chi connectivity index (χ1v) is 16.1. The molecule has 4 aliphatic rings. The molecule has 2 aliphatic carbocycles. The molecule has 4 rings (SSSR count). The van der Waals surface area contributed by atoms with E-state index in [9.17, 15) is 43.9 Å². The monoisotopic (exact) mass is 653 g/mol. The number of aliphatic hydroxyl groups is 4. The number of aliphatic hydroxyl groups excluding tert-OH is 4. The van der Waals surface area contributed by atoms with Crippen molar-refractivity contribution >= 4 is 11.9 Å². The maximum Gasteiger partial charge on any atom is 0.332 e. The molecule has 0 aromatic carbocycles. The minimum atomic E-state index is -2.85. The summed E-state index contributed by atoms with van der Waals surface area (Å²) >= 11 is 0. The fourth-order valence-electron chi connectivity index (χ4n) is 7.02. The summed E-state index contributed by atoms with van der Waals surface area (Å²) in [6.07, 6.45) is -13.2. The molecule has 1 amide bonds. The van der Waals surface area contributed by atoms with Crippen molar-refractivity contribution in [2.75, 3.05) is 0 Å². The third-order valence-electron chi connectivity index (χ3n) is 9.60. The molecular weight excluding hydrogens is 604 g/mol. The second kappa shape index (κ2) is 16.0. The summed E-state index contributed by atoms with van der Waals surface area (Å²) in [4.78, 5) is 24.6. The fourth-order valence-corrected chi connectivity index (χ4v) is 7.02. The van der Waals surface area contributed by atoms with Gasteiger partial charge in [-0.25, -0.2) is 13.6 Å². The summed E-state index contributed by atoms with van der Waals surface area (Å²) in [5.41, 5.74) is 0. The fraction of sp³-hybridized carbons (Fsp3) is 0.933. The molecule has 14 atom stereocenters. The lowest BCUT2D eigenvalue weighted by Gasteiger charge is -2.48. The van der Waals surface area contributed by atoms with E-state index in [2.05, 4.69) is 5.32 Å². The molecule has 0 radical (unpaired) electrons. The zero-order chi connectivity index (χ0) is 33.0. The summed E-state index contributed by atoms with van der Waals surface area (Å²) in [6.45, 7) is 4.18. The molecule has 0 spiro atoms. The second-order valence-electron chi connectivity index (χ2n) is 13.0. The van der Waals surface area contributed by atoms with Crippen LogP contribution in [0.1, 0.15) is 78.6 Å². The minimum Gasteiger partial charge on any atom is -0.479 e. The zero-order valence-corrected chi connectivity index (χ0v) is 26.0. The van der Waals surface area contributed by atoms with Crippen LogP contribution in [0.5, 0.6) is 0 Å². The molecular formula is C30H49F2NO12. The Morgan fingerprint density at radius 2 is 1.47 bits per heavy atom. The summed E-state index contributed by atoms with van der Waals surface area (Å²) in [5.74, 6) is -2.98. The van der Waals surface area contributed by atoms with E-state index in [1.54, 1.807) is 0 Å². The van der Waals surface area contributed by atoms with Gasteiger partial charge in [-0.1, -0.05) is 38.5 Å². The van der Waals surface area contributed by atoms with E-state index in [1.807, 2.05) is 0 Å². The van der Waals surface area contributed by atoms with Crippen molar-refractivity contribution in [1.82, 2.24) is 5.32 Å². The number of hydrogen-bond acceptors (Lipinski definition) is 11. The maximum atomic E-state index is 14.3. The van der Waals surface area contributed by atoms with Crippen molar-refractivity contribution < 1.29 is 67.6 Å². The third-order valence-corrected chi connectivity index (χ3v) is 9.60. The van der Waals surface area contributed by atoms with E-state index in [0.717, 1.165) is 32.1 Å². The summed E-state index contributed by atoms with van der Waals surface area (Å²) < 4.78 is 58.2. The summed E-state index contributed by atoms with van der Waals surface area (Å²) in [5, 5.41) is 54.6. The number of carboxylic acids is 1. The van der Waals surface area contributed by atoms with E-state index in [-0.39, 0.29) is 25.2 Å². The molecule has 13 nitrogen and oxygen atoms in total. The van der Waals surface area contributed by atoms with Crippen LogP contribution in [0.4, 0.5) is 8.78 Å². The number of amides is 1. The molecule has 4 fully saturated rings. The zero-order valence-electron chi connectivity index (χ0n) is 26.0. The highest BCUT2D eigenvalue weighted by molar-refractivity contribution is 5.73. The predicted molar refractivity (Wildman–Crippen MR) is 151 cm³/mol. The van der Waals surface area contributed by atoms with Gasteiger partial charge in [0.1, 0.15) is 36.6 Å². The van der Waals surface area contributed by atoms with E-state index < -0.39 is 104 Å². The van der Waals surface area contributed by atoms with Crippen molar-refractivity contribution in [3.63, 3.8) is 0 Å². The predicted octanol–water partition coefficient (Wildman–Crippen LogP) is 1.07. The summed E-state index contributed by atoms with van der Waals surface area (Å²) in [7, 11) is 0. The number of alkyl halides is 2. The lowest BCUT2D eigenvalue weighted by Crippen LogP contribution is -2.66. The molecule has 6 N–H and O–H groups in total. The van der Waals surface area contributed by atoms with Crippen molar-refractivity contribution in [2.24, 2.45) is 11.8 Å². The van der Waals surface area contributed by atoms with Crippen LogP contribution < -0.4 is 5.32 Å². The van der Waals surface area contributed by atoms with Crippen molar-refractivity contribution in [1.29, 1.82) is 0 Å². The molecule has 260 valence electrons. The molecule has 45 heavy (non-hydrogen) atoms.